The third-order valence-corrected chi connectivity index (χ3v) is 3.76. The van der Waals surface area contributed by atoms with Gasteiger partial charge in [-0.25, -0.2) is 0 Å². The number of carbonyl (C=O) groups is 2. The summed E-state index contributed by atoms with van der Waals surface area (Å²) in [6, 6.07) is 0.143. The van der Waals surface area contributed by atoms with Gasteiger partial charge in [0.2, 0.25) is 0 Å². The van der Waals surface area contributed by atoms with Crippen molar-refractivity contribution in [2.75, 3.05) is 0 Å². The fourth-order valence-corrected chi connectivity index (χ4v) is 2.69. The molecule has 6 heteroatoms. The van der Waals surface area contributed by atoms with Crippen molar-refractivity contribution in [3.05, 3.63) is 23.2 Å². The number of carbonyl (C=O) groups excluding carboxylic acids is 2. The SMILES string of the molecule is CC(=N)/C(C(=O)NC1CCCCC1)=C1\NC(C)=CNC1=O. The average Bonchev–Trinajstić information content (AvgIpc) is 2.43. The number of allylic oxidation sites excluding steroid dienone is 1. The lowest BCUT2D eigenvalue weighted by molar-refractivity contribution is -0.120. The van der Waals surface area contributed by atoms with E-state index in [2.05, 4.69) is 16.0 Å². The van der Waals surface area contributed by atoms with Crippen molar-refractivity contribution in [1.29, 1.82) is 5.41 Å². The van der Waals surface area contributed by atoms with Crippen LogP contribution in [0.3, 0.4) is 0 Å². The molecule has 1 heterocycles. The second-order valence-corrected chi connectivity index (χ2v) is 5.61. The highest BCUT2D eigenvalue weighted by molar-refractivity contribution is 6.24. The van der Waals surface area contributed by atoms with Gasteiger partial charge in [0, 0.05) is 23.7 Å². The molecule has 1 saturated carbocycles. The van der Waals surface area contributed by atoms with Gasteiger partial charge in [-0.1, -0.05) is 19.3 Å². The molecule has 0 aromatic heterocycles. The Morgan fingerprint density at radius 3 is 2.62 bits per heavy atom. The van der Waals surface area contributed by atoms with Crippen LogP contribution in [0.25, 0.3) is 0 Å². The van der Waals surface area contributed by atoms with Crippen LogP contribution in [0.1, 0.15) is 46.0 Å². The summed E-state index contributed by atoms with van der Waals surface area (Å²) in [5, 5.41) is 16.3. The first-order valence-corrected chi connectivity index (χ1v) is 7.34. The first-order valence-electron chi connectivity index (χ1n) is 7.34. The van der Waals surface area contributed by atoms with E-state index in [0.717, 1.165) is 31.4 Å². The van der Waals surface area contributed by atoms with Crippen LogP contribution in [0.15, 0.2) is 23.2 Å². The molecule has 0 aromatic rings. The molecule has 2 aliphatic rings. The largest absolute Gasteiger partial charge is 0.353 e. The molecule has 6 nitrogen and oxygen atoms in total. The van der Waals surface area contributed by atoms with Crippen LogP contribution in [0.2, 0.25) is 0 Å². The summed E-state index contributed by atoms with van der Waals surface area (Å²) in [7, 11) is 0. The lowest BCUT2D eigenvalue weighted by Gasteiger charge is -2.25. The Bertz CT molecular complexity index is 528. The Balaban J connectivity index is 2.21. The van der Waals surface area contributed by atoms with Crippen molar-refractivity contribution in [1.82, 2.24) is 16.0 Å². The van der Waals surface area contributed by atoms with Crippen LogP contribution in [0, 0.1) is 5.41 Å². The zero-order valence-electron chi connectivity index (χ0n) is 12.5. The number of nitrogens with one attached hydrogen (secondary N) is 4. The quantitative estimate of drug-likeness (QED) is 0.466. The molecule has 2 rings (SSSR count). The van der Waals surface area contributed by atoms with Gasteiger partial charge in [0.1, 0.15) is 5.70 Å². The van der Waals surface area contributed by atoms with Gasteiger partial charge in [-0.05, 0) is 26.7 Å². The molecule has 1 aliphatic heterocycles. The Morgan fingerprint density at radius 2 is 2.00 bits per heavy atom. The van der Waals surface area contributed by atoms with E-state index in [0.29, 0.717) is 0 Å². The normalized spacial score (nSPS) is 21.8. The molecule has 21 heavy (non-hydrogen) atoms. The maximum atomic E-state index is 12.5. The molecule has 0 unspecified atom stereocenters. The van der Waals surface area contributed by atoms with Gasteiger partial charge < -0.3 is 21.4 Å². The standard InChI is InChI=1S/C15H22N4O2/c1-9-8-17-15(21)13(18-9)12(10(2)16)14(20)19-11-6-4-3-5-7-11/h8,11,16,18H,3-7H2,1-2H3,(H,17,21)(H,19,20)/b13-12+,16-10?. The van der Waals surface area contributed by atoms with Crippen molar-refractivity contribution in [3.63, 3.8) is 0 Å². The van der Waals surface area contributed by atoms with Crippen molar-refractivity contribution in [2.45, 2.75) is 52.0 Å². The van der Waals surface area contributed by atoms with E-state index in [1.165, 1.54) is 13.3 Å². The van der Waals surface area contributed by atoms with Gasteiger partial charge in [0.15, 0.2) is 0 Å². The smallest absolute Gasteiger partial charge is 0.272 e. The van der Waals surface area contributed by atoms with Crippen molar-refractivity contribution >= 4 is 17.5 Å². The molecular formula is C15H22N4O2. The molecule has 2 amide bonds. The fraction of sp³-hybridized carbons (Fsp3) is 0.533. The summed E-state index contributed by atoms with van der Waals surface area (Å²) < 4.78 is 0. The van der Waals surface area contributed by atoms with Crippen LogP contribution in [0.4, 0.5) is 0 Å². The summed E-state index contributed by atoms with van der Waals surface area (Å²) in [4.78, 5) is 24.4. The highest BCUT2D eigenvalue weighted by atomic mass is 16.2. The minimum atomic E-state index is -0.388. The summed E-state index contributed by atoms with van der Waals surface area (Å²) in [5.74, 6) is -0.734. The minimum absolute atomic E-state index is 0.0793. The molecule has 114 valence electrons. The molecule has 0 spiro atoms. The minimum Gasteiger partial charge on any atom is -0.353 e. The van der Waals surface area contributed by atoms with Crippen molar-refractivity contribution < 1.29 is 9.59 Å². The van der Waals surface area contributed by atoms with Crippen LogP contribution in [0.5, 0.6) is 0 Å². The van der Waals surface area contributed by atoms with Gasteiger partial charge in [0.05, 0.1) is 5.57 Å². The van der Waals surface area contributed by atoms with Crippen LogP contribution in [-0.2, 0) is 9.59 Å². The zero-order chi connectivity index (χ0) is 15.4. The van der Waals surface area contributed by atoms with Crippen molar-refractivity contribution in [2.24, 2.45) is 0 Å². The van der Waals surface area contributed by atoms with Crippen LogP contribution >= 0.6 is 0 Å². The Kier molecular flexibility index (Phi) is 4.77. The third-order valence-electron chi connectivity index (χ3n) is 3.76. The fourth-order valence-electron chi connectivity index (χ4n) is 2.69. The summed E-state index contributed by atoms with van der Waals surface area (Å²) in [6.07, 6.45) is 6.90. The maximum Gasteiger partial charge on any atom is 0.272 e. The molecule has 0 aromatic carbocycles. The van der Waals surface area contributed by atoms with Gasteiger partial charge in [-0.2, -0.15) is 0 Å². The monoisotopic (exact) mass is 290 g/mol. The lowest BCUT2D eigenvalue weighted by Crippen LogP contribution is -2.42. The van der Waals surface area contributed by atoms with Crippen LogP contribution in [-0.4, -0.2) is 23.6 Å². The van der Waals surface area contributed by atoms with E-state index in [4.69, 9.17) is 5.41 Å². The van der Waals surface area contributed by atoms with Gasteiger partial charge in [-0.15, -0.1) is 0 Å². The highest BCUT2D eigenvalue weighted by Crippen LogP contribution is 2.18. The number of hydrogen-bond acceptors (Lipinski definition) is 4. The summed E-state index contributed by atoms with van der Waals surface area (Å²) in [6.45, 7) is 3.31. The van der Waals surface area contributed by atoms with Crippen LogP contribution < -0.4 is 16.0 Å². The maximum absolute atomic E-state index is 12.5. The molecule has 0 atom stereocenters. The molecule has 0 bridgehead atoms. The van der Waals surface area contributed by atoms with E-state index in [9.17, 15) is 9.59 Å². The summed E-state index contributed by atoms with van der Waals surface area (Å²) in [5.41, 5.74) is 1.07. The molecule has 1 fully saturated rings. The highest BCUT2D eigenvalue weighted by Gasteiger charge is 2.26. The van der Waals surface area contributed by atoms with Crippen molar-refractivity contribution in [3.8, 4) is 0 Å². The van der Waals surface area contributed by atoms with E-state index in [1.54, 1.807) is 13.1 Å². The Labute approximate surface area is 124 Å². The zero-order valence-corrected chi connectivity index (χ0v) is 12.5. The number of hydrogen-bond donors (Lipinski definition) is 4. The Hall–Kier alpha value is -2.11. The molecule has 0 radical (unpaired) electrons. The lowest BCUT2D eigenvalue weighted by atomic mass is 9.95. The summed E-state index contributed by atoms with van der Waals surface area (Å²) >= 11 is 0. The second kappa shape index (κ2) is 6.56. The van der Waals surface area contributed by atoms with Gasteiger partial charge >= 0.3 is 0 Å². The van der Waals surface area contributed by atoms with E-state index < -0.39 is 0 Å². The first kappa shape index (κ1) is 15.3. The third kappa shape index (κ3) is 3.71. The van der Waals surface area contributed by atoms with E-state index in [-0.39, 0.29) is 34.8 Å². The number of rotatable bonds is 3. The van der Waals surface area contributed by atoms with Gasteiger partial charge in [-0.3, -0.25) is 9.59 Å². The molecular weight excluding hydrogens is 268 g/mol. The first-order chi connectivity index (χ1) is 9.99. The molecule has 4 N–H and O–H groups in total. The van der Waals surface area contributed by atoms with Gasteiger partial charge in [0.25, 0.3) is 11.8 Å². The second-order valence-electron chi connectivity index (χ2n) is 5.61. The number of amides is 2. The van der Waals surface area contributed by atoms with E-state index in [1.807, 2.05) is 0 Å². The average molecular weight is 290 g/mol. The molecule has 0 saturated heterocycles. The Morgan fingerprint density at radius 1 is 1.33 bits per heavy atom. The predicted octanol–water partition coefficient (Wildman–Crippen LogP) is 1.31. The topological polar surface area (TPSA) is 94.1 Å². The van der Waals surface area contributed by atoms with E-state index >= 15 is 0 Å². The molecule has 1 aliphatic carbocycles. The predicted molar refractivity (Wildman–Crippen MR) is 80.5 cm³/mol.